The fraction of sp³-hybridized carbons (Fsp3) is 0.152. The molecule has 0 radical (unpaired) electrons. The zero-order valence-electron chi connectivity index (χ0n) is 22.7. The van der Waals surface area contributed by atoms with Gasteiger partial charge in [-0.1, -0.05) is 84.9 Å². The molecule has 0 bridgehead atoms. The largest absolute Gasteiger partial charge is 0.477 e. The van der Waals surface area contributed by atoms with Crippen molar-refractivity contribution in [1.82, 2.24) is 5.09 Å². The highest BCUT2D eigenvalue weighted by Crippen LogP contribution is 2.48. The van der Waals surface area contributed by atoms with Crippen molar-refractivity contribution in [2.75, 3.05) is 0 Å². The SMILES string of the molecule is O=C(O)c1cc2cc(CP(=O)(N[C@@H](CCc3ccccc3)C(=O)OCc3ccccc3)Oc3ccccc3)ccc2s1. The molecule has 1 aromatic heterocycles. The van der Waals surface area contributed by atoms with Gasteiger partial charge in [0.15, 0.2) is 0 Å². The number of carboxylic acid groups (broad SMARTS) is 1. The van der Waals surface area contributed by atoms with Crippen molar-refractivity contribution in [2.24, 2.45) is 0 Å². The highest BCUT2D eigenvalue weighted by molar-refractivity contribution is 7.56. The molecule has 2 N–H and O–H groups in total. The van der Waals surface area contributed by atoms with Crippen molar-refractivity contribution in [3.05, 3.63) is 137 Å². The minimum absolute atomic E-state index is 0.0239. The van der Waals surface area contributed by atoms with Crippen molar-refractivity contribution < 1.29 is 28.5 Å². The first-order chi connectivity index (χ1) is 20.4. The summed E-state index contributed by atoms with van der Waals surface area (Å²) in [6.45, 7) is 0.0910. The molecule has 2 atom stereocenters. The Kier molecular flexibility index (Phi) is 9.49. The van der Waals surface area contributed by atoms with E-state index in [9.17, 15) is 19.3 Å². The Bertz CT molecular complexity index is 1690. The van der Waals surface area contributed by atoms with Crippen molar-refractivity contribution in [3.63, 3.8) is 0 Å². The van der Waals surface area contributed by atoms with E-state index in [0.29, 0.717) is 24.2 Å². The second-order valence-electron chi connectivity index (χ2n) is 9.82. The number of hydrogen-bond donors (Lipinski definition) is 2. The predicted molar refractivity (Wildman–Crippen MR) is 165 cm³/mol. The summed E-state index contributed by atoms with van der Waals surface area (Å²) in [5.74, 6) is -1.11. The molecular formula is C33H30NO6PS. The second kappa shape index (κ2) is 13.6. The minimum Gasteiger partial charge on any atom is -0.477 e. The molecule has 0 saturated heterocycles. The number of carboxylic acids is 1. The molecule has 1 unspecified atom stereocenters. The Hall–Kier alpha value is -4.23. The fourth-order valence-corrected chi connectivity index (χ4v) is 7.49. The predicted octanol–water partition coefficient (Wildman–Crippen LogP) is 7.71. The van der Waals surface area contributed by atoms with Crippen LogP contribution in [0.5, 0.6) is 5.75 Å². The topological polar surface area (TPSA) is 102 Å². The van der Waals surface area contributed by atoms with Crippen LogP contribution >= 0.6 is 18.9 Å². The molecule has 5 aromatic rings. The molecule has 42 heavy (non-hydrogen) atoms. The maximum absolute atomic E-state index is 14.6. The van der Waals surface area contributed by atoms with Crippen LogP contribution in [-0.4, -0.2) is 23.1 Å². The summed E-state index contributed by atoms with van der Waals surface area (Å²) in [5, 5.41) is 13.2. The van der Waals surface area contributed by atoms with Crippen molar-refractivity contribution in [1.29, 1.82) is 0 Å². The molecule has 9 heteroatoms. The highest BCUT2D eigenvalue weighted by atomic mass is 32.1. The van der Waals surface area contributed by atoms with Gasteiger partial charge in [-0.25, -0.2) is 9.88 Å². The average molecular weight is 600 g/mol. The lowest BCUT2D eigenvalue weighted by Crippen LogP contribution is -2.38. The monoisotopic (exact) mass is 599 g/mol. The molecule has 0 spiro atoms. The molecule has 0 aliphatic carbocycles. The third kappa shape index (κ3) is 7.95. The molecule has 0 amide bonds. The van der Waals surface area contributed by atoms with Crippen LogP contribution in [0.2, 0.25) is 0 Å². The molecule has 1 heterocycles. The van der Waals surface area contributed by atoms with E-state index in [4.69, 9.17) is 9.26 Å². The van der Waals surface area contributed by atoms with Gasteiger partial charge >= 0.3 is 19.5 Å². The summed E-state index contributed by atoms with van der Waals surface area (Å²) in [4.78, 5) is 25.1. The number of fused-ring (bicyclic) bond motifs is 1. The number of nitrogens with one attached hydrogen (secondary N) is 1. The van der Waals surface area contributed by atoms with Crippen LogP contribution in [0.15, 0.2) is 115 Å². The number of ether oxygens (including phenoxy) is 1. The summed E-state index contributed by atoms with van der Waals surface area (Å²) in [7, 11) is -3.74. The molecule has 0 aliphatic heterocycles. The van der Waals surface area contributed by atoms with Crippen LogP contribution in [0.1, 0.15) is 32.8 Å². The van der Waals surface area contributed by atoms with Crippen LogP contribution in [0.25, 0.3) is 10.1 Å². The smallest absolute Gasteiger partial charge is 0.345 e. The van der Waals surface area contributed by atoms with E-state index in [0.717, 1.165) is 21.2 Å². The van der Waals surface area contributed by atoms with Crippen LogP contribution in [0.4, 0.5) is 0 Å². The number of para-hydroxylation sites is 1. The number of benzene rings is 4. The van der Waals surface area contributed by atoms with Crippen LogP contribution in [0.3, 0.4) is 0 Å². The third-order valence-corrected chi connectivity index (χ3v) is 9.70. The van der Waals surface area contributed by atoms with E-state index >= 15 is 0 Å². The Morgan fingerprint density at radius 2 is 1.45 bits per heavy atom. The van der Waals surface area contributed by atoms with Gasteiger partial charge in [-0.3, -0.25) is 9.36 Å². The number of esters is 1. The number of rotatable bonds is 13. The van der Waals surface area contributed by atoms with Gasteiger partial charge in [-0.2, -0.15) is 0 Å². The summed E-state index contributed by atoms with van der Waals surface area (Å²) in [6.07, 6.45) is 0.873. The zero-order valence-corrected chi connectivity index (χ0v) is 24.4. The Balaban J connectivity index is 1.42. The standard InChI is InChI=1S/C33H30NO6PS/c35-32(36)31-21-27-20-26(17-19-30(27)42-31)23-41(38,40-28-14-8-3-9-15-28)34-29(18-16-24-10-4-1-5-11-24)33(37)39-22-25-12-6-2-7-13-25/h1-15,17,19-21,29H,16,18,22-23H2,(H,34,38)(H,35,36)/t29-,41?/m0/s1. The van der Waals surface area contributed by atoms with Crippen LogP contribution in [0, 0.1) is 0 Å². The molecule has 4 aromatic carbocycles. The number of carbonyl (C=O) groups excluding carboxylic acids is 1. The first kappa shape index (κ1) is 29.3. The van der Waals surface area contributed by atoms with Crippen molar-refractivity contribution >= 4 is 40.9 Å². The number of hydrogen-bond acceptors (Lipinski definition) is 6. The Morgan fingerprint density at radius 3 is 2.12 bits per heavy atom. The normalized spacial score (nSPS) is 13.2. The minimum atomic E-state index is -3.74. The summed E-state index contributed by atoms with van der Waals surface area (Å²) in [5.41, 5.74) is 2.57. The maximum Gasteiger partial charge on any atom is 0.345 e. The van der Waals surface area contributed by atoms with Crippen molar-refractivity contribution in [2.45, 2.75) is 31.7 Å². The first-order valence-electron chi connectivity index (χ1n) is 13.5. The third-order valence-electron chi connectivity index (χ3n) is 6.60. The summed E-state index contributed by atoms with van der Waals surface area (Å²) >= 11 is 1.18. The second-order valence-corrected chi connectivity index (χ2v) is 13.0. The van der Waals surface area contributed by atoms with E-state index in [-0.39, 0.29) is 17.6 Å². The van der Waals surface area contributed by atoms with E-state index in [1.807, 2.05) is 78.9 Å². The number of aryl methyl sites for hydroxylation is 1. The van der Waals surface area contributed by atoms with E-state index in [1.165, 1.54) is 11.3 Å². The Morgan fingerprint density at radius 1 is 0.810 bits per heavy atom. The quantitative estimate of drug-likeness (QED) is 0.106. The molecule has 5 rings (SSSR count). The van der Waals surface area contributed by atoms with Crippen LogP contribution in [-0.2, 0) is 33.3 Å². The lowest BCUT2D eigenvalue weighted by atomic mass is 10.1. The van der Waals surface area contributed by atoms with Gasteiger partial charge < -0.3 is 14.4 Å². The fourth-order valence-electron chi connectivity index (χ4n) is 4.55. The van der Waals surface area contributed by atoms with E-state index in [1.54, 1.807) is 36.4 Å². The van der Waals surface area contributed by atoms with Crippen LogP contribution < -0.4 is 9.61 Å². The van der Waals surface area contributed by atoms with Gasteiger partial charge in [-0.05, 0) is 65.3 Å². The van der Waals surface area contributed by atoms with Gasteiger partial charge in [0.05, 0.1) is 6.16 Å². The summed E-state index contributed by atoms with van der Waals surface area (Å²) in [6, 6.07) is 34.1. The average Bonchev–Trinajstić information content (AvgIpc) is 3.44. The molecule has 7 nitrogen and oxygen atoms in total. The van der Waals surface area contributed by atoms with Gasteiger partial charge in [-0.15, -0.1) is 11.3 Å². The number of carbonyl (C=O) groups is 2. The molecule has 0 saturated carbocycles. The van der Waals surface area contributed by atoms with Gasteiger partial charge in [0.2, 0.25) is 0 Å². The van der Waals surface area contributed by atoms with E-state index in [2.05, 4.69) is 5.09 Å². The first-order valence-corrected chi connectivity index (χ1v) is 16.1. The Labute approximate surface area is 248 Å². The molecule has 0 aliphatic rings. The highest BCUT2D eigenvalue weighted by Gasteiger charge is 2.33. The lowest BCUT2D eigenvalue weighted by Gasteiger charge is -2.26. The maximum atomic E-state index is 14.6. The van der Waals surface area contributed by atoms with Gasteiger partial charge in [0.25, 0.3) is 0 Å². The van der Waals surface area contributed by atoms with Gasteiger partial charge in [0, 0.05) is 4.70 Å². The van der Waals surface area contributed by atoms with E-state index < -0.39 is 25.5 Å². The van der Waals surface area contributed by atoms with Gasteiger partial charge in [0.1, 0.15) is 23.3 Å². The zero-order chi connectivity index (χ0) is 29.4. The summed E-state index contributed by atoms with van der Waals surface area (Å²) < 4.78 is 27.2. The van der Waals surface area contributed by atoms with Crippen molar-refractivity contribution in [3.8, 4) is 5.75 Å². The number of thiophene rings is 1. The molecular weight excluding hydrogens is 569 g/mol. The molecule has 214 valence electrons. The molecule has 0 fully saturated rings. The lowest BCUT2D eigenvalue weighted by molar-refractivity contribution is -0.147. The number of aromatic carboxylic acids is 1.